The standard InChI is InChI=1S/C20H18F2N2O2S/c21-20(22)27-17-4-1-3-15(13-17)23-18(25)11-8-14-6-9-16(10-7-14)24-12-2-5-19(24)26/h1,3-4,6-11,13,20H,2,5,12H2,(H,23,25)/b11-8+. The average Bonchev–Trinajstić information content (AvgIpc) is 3.06. The van der Waals surface area contributed by atoms with E-state index in [1.807, 2.05) is 24.3 Å². The largest absolute Gasteiger partial charge is 0.322 e. The molecule has 3 rings (SSSR count). The maximum absolute atomic E-state index is 12.4. The summed E-state index contributed by atoms with van der Waals surface area (Å²) >= 11 is 0.431. The molecule has 0 atom stereocenters. The van der Waals surface area contributed by atoms with E-state index in [2.05, 4.69) is 5.32 Å². The highest BCUT2D eigenvalue weighted by atomic mass is 32.2. The lowest BCUT2D eigenvalue weighted by molar-refractivity contribution is -0.117. The van der Waals surface area contributed by atoms with E-state index >= 15 is 0 Å². The molecule has 7 heteroatoms. The Kier molecular flexibility index (Phi) is 6.24. The molecule has 1 saturated heterocycles. The Morgan fingerprint density at radius 2 is 1.96 bits per heavy atom. The van der Waals surface area contributed by atoms with Crippen LogP contribution in [0, 0.1) is 0 Å². The lowest BCUT2D eigenvalue weighted by atomic mass is 10.2. The van der Waals surface area contributed by atoms with Gasteiger partial charge in [-0.25, -0.2) is 0 Å². The minimum atomic E-state index is -2.50. The third-order valence-electron chi connectivity index (χ3n) is 4.03. The van der Waals surface area contributed by atoms with Gasteiger partial charge in [0.15, 0.2) is 0 Å². The number of alkyl halides is 2. The lowest BCUT2D eigenvalue weighted by Crippen LogP contribution is -2.23. The fourth-order valence-electron chi connectivity index (χ4n) is 2.79. The topological polar surface area (TPSA) is 49.4 Å². The van der Waals surface area contributed by atoms with Gasteiger partial charge in [-0.05, 0) is 48.4 Å². The van der Waals surface area contributed by atoms with Gasteiger partial charge < -0.3 is 10.2 Å². The van der Waals surface area contributed by atoms with Gasteiger partial charge >= 0.3 is 0 Å². The molecule has 1 aliphatic rings. The number of rotatable bonds is 6. The summed E-state index contributed by atoms with van der Waals surface area (Å²) < 4.78 is 24.8. The Labute approximate surface area is 160 Å². The van der Waals surface area contributed by atoms with Crippen LogP contribution in [0.1, 0.15) is 18.4 Å². The van der Waals surface area contributed by atoms with Crippen molar-refractivity contribution in [3.63, 3.8) is 0 Å². The SMILES string of the molecule is O=C(/C=C/c1ccc(N2CCCC2=O)cc1)Nc1cccc(SC(F)F)c1. The highest BCUT2D eigenvalue weighted by Crippen LogP contribution is 2.27. The third kappa shape index (κ3) is 5.40. The van der Waals surface area contributed by atoms with Crippen molar-refractivity contribution in [3.05, 3.63) is 60.2 Å². The van der Waals surface area contributed by atoms with Crippen LogP contribution in [0.4, 0.5) is 20.2 Å². The van der Waals surface area contributed by atoms with Gasteiger partial charge in [-0.2, -0.15) is 8.78 Å². The van der Waals surface area contributed by atoms with Gasteiger partial charge in [0.2, 0.25) is 11.8 Å². The number of benzene rings is 2. The number of carbonyl (C=O) groups excluding carboxylic acids is 2. The fraction of sp³-hybridized carbons (Fsp3) is 0.200. The zero-order chi connectivity index (χ0) is 19.2. The minimum Gasteiger partial charge on any atom is -0.322 e. The van der Waals surface area contributed by atoms with Crippen molar-refractivity contribution in [2.75, 3.05) is 16.8 Å². The molecule has 1 N–H and O–H groups in total. The van der Waals surface area contributed by atoms with Crippen LogP contribution < -0.4 is 10.2 Å². The van der Waals surface area contributed by atoms with Crippen LogP contribution in [0.2, 0.25) is 0 Å². The van der Waals surface area contributed by atoms with E-state index < -0.39 is 5.76 Å². The number of nitrogens with zero attached hydrogens (tertiary/aromatic N) is 1. The number of carbonyl (C=O) groups is 2. The average molecular weight is 388 g/mol. The van der Waals surface area contributed by atoms with Crippen LogP contribution >= 0.6 is 11.8 Å². The Balaban J connectivity index is 1.59. The van der Waals surface area contributed by atoms with Crippen molar-refractivity contribution in [2.45, 2.75) is 23.5 Å². The first-order chi connectivity index (χ1) is 13.0. The van der Waals surface area contributed by atoms with Crippen molar-refractivity contribution in [3.8, 4) is 0 Å². The molecule has 2 aromatic rings. The van der Waals surface area contributed by atoms with Crippen molar-refractivity contribution >= 4 is 41.0 Å². The van der Waals surface area contributed by atoms with Crippen LogP contribution in [-0.4, -0.2) is 24.1 Å². The van der Waals surface area contributed by atoms with Crippen molar-refractivity contribution in [1.29, 1.82) is 0 Å². The molecule has 140 valence electrons. The number of nitrogens with one attached hydrogen (secondary N) is 1. The van der Waals surface area contributed by atoms with E-state index in [1.54, 1.807) is 29.2 Å². The maximum Gasteiger partial charge on any atom is 0.288 e. The molecule has 4 nitrogen and oxygen atoms in total. The second kappa shape index (κ2) is 8.81. The Morgan fingerprint density at radius 1 is 1.19 bits per heavy atom. The number of amides is 2. The van der Waals surface area contributed by atoms with Crippen LogP contribution in [0.3, 0.4) is 0 Å². The summed E-state index contributed by atoms with van der Waals surface area (Å²) in [6.07, 6.45) is 4.49. The summed E-state index contributed by atoms with van der Waals surface area (Å²) in [5.74, 6) is -2.73. The predicted octanol–water partition coefficient (Wildman–Crippen LogP) is 4.78. The Bertz CT molecular complexity index is 853. The zero-order valence-corrected chi connectivity index (χ0v) is 15.2. The van der Waals surface area contributed by atoms with Gasteiger partial charge in [0, 0.05) is 35.3 Å². The third-order valence-corrected chi connectivity index (χ3v) is 4.74. The van der Waals surface area contributed by atoms with Gasteiger partial charge in [-0.3, -0.25) is 9.59 Å². The van der Waals surface area contributed by atoms with E-state index in [0.717, 1.165) is 24.2 Å². The molecule has 1 fully saturated rings. The zero-order valence-electron chi connectivity index (χ0n) is 14.4. The van der Waals surface area contributed by atoms with Crippen LogP contribution in [-0.2, 0) is 9.59 Å². The highest BCUT2D eigenvalue weighted by molar-refractivity contribution is 7.99. The summed E-state index contributed by atoms with van der Waals surface area (Å²) in [7, 11) is 0. The molecule has 0 radical (unpaired) electrons. The number of thioether (sulfide) groups is 1. The maximum atomic E-state index is 12.4. The first-order valence-corrected chi connectivity index (χ1v) is 9.33. The second-order valence-corrected chi connectivity index (χ2v) is 7.03. The van der Waals surface area contributed by atoms with Crippen LogP contribution in [0.5, 0.6) is 0 Å². The smallest absolute Gasteiger partial charge is 0.288 e. The molecular formula is C20H18F2N2O2S. The van der Waals surface area contributed by atoms with E-state index in [-0.39, 0.29) is 11.8 Å². The molecule has 1 heterocycles. The molecule has 0 unspecified atom stereocenters. The van der Waals surface area contributed by atoms with E-state index in [1.165, 1.54) is 12.1 Å². The summed E-state index contributed by atoms with van der Waals surface area (Å²) in [6.45, 7) is 0.735. The molecule has 2 amide bonds. The second-order valence-electron chi connectivity index (χ2n) is 5.97. The van der Waals surface area contributed by atoms with Crippen molar-refractivity contribution in [2.24, 2.45) is 0 Å². The van der Waals surface area contributed by atoms with E-state index in [9.17, 15) is 18.4 Å². The van der Waals surface area contributed by atoms with Crippen LogP contribution in [0.15, 0.2) is 59.5 Å². The molecule has 1 aliphatic heterocycles. The fourth-order valence-corrected chi connectivity index (χ4v) is 3.35. The van der Waals surface area contributed by atoms with E-state index in [0.29, 0.717) is 28.8 Å². The lowest BCUT2D eigenvalue weighted by Gasteiger charge is -2.15. The normalized spacial score (nSPS) is 14.3. The number of halogens is 2. The first-order valence-electron chi connectivity index (χ1n) is 8.45. The monoisotopic (exact) mass is 388 g/mol. The summed E-state index contributed by atoms with van der Waals surface area (Å²) in [5, 5.41) is 2.65. The molecule has 0 aromatic heterocycles. The Hall–Kier alpha value is -2.67. The summed E-state index contributed by atoms with van der Waals surface area (Å²) in [5.41, 5.74) is 2.13. The molecule has 0 spiro atoms. The predicted molar refractivity (Wildman–Crippen MR) is 104 cm³/mol. The van der Waals surface area contributed by atoms with Gasteiger partial charge in [-0.1, -0.05) is 30.0 Å². The van der Waals surface area contributed by atoms with Gasteiger partial charge in [0.25, 0.3) is 5.76 Å². The molecule has 2 aromatic carbocycles. The van der Waals surface area contributed by atoms with Gasteiger partial charge in [0.1, 0.15) is 0 Å². The molecule has 0 aliphatic carbocycles. The molecule has 27 heavy (non-hydrogen) atoms. The first kappa shape index (κ1) is 19.1. The quantitative estimate of drug-likeness (QED) is 0.572. The molecule has 0 bridgehead atoms. The summed E-state index contributed by atoms with van der Waals surface area (Å²) in [6, 6.07) is 13.7. The number of anilines is 2. The van der Waals surface area contributed by atoms with Crippen LogP contribution in [0.25, 0.3) is 6.08 Å². The van der Waals surface area contributed by atoms with Crippen molar-refractivity contribution in [1.82, 2.24) is 0 Å². The summed E-state index contributed by atoms with van der Waals surface area (Å²) in [4.78, 5) is 25.9. The van der Waals surface area contributed by atoms with Gasteiger partial charge in [-0.15, -0.1) is 0 Å². The Morgan fingerprint density at radius 3 is 2.63 bits per heavy atom. The minimum absolute atomic E-state index is 0.130. The molecular weight excluding hydrogens is 370 g/mol. The number of hydrogen-bond donors (Lipinski definition) is 1. The molecule has 0 saturated carbocycles. The van der Waals surface area contributed by atoms with Gasteiger partial charge in [0.05, 0.1) is 0 Å². The number of hydrogen-bond acceptors (Lipinski definition) is 3. The van der Waals surface area contributed by atoms with Crippen molar-refractivity contribution < 1.29 is 18.4 Å². The van der Waals surface area contributed by atoms with E-state index in [4.69, 9.17) is 0 Å². The highest BCUT2D eigenvalue weighted by Gasteiger charge is 2.21.